The Morgan fingerprint density at radius 2 is 1.86 bits per heavy atom. The van der Waals surface area contributed by atoms with E-state index >= 15 is 0 Å². The van der Waals surface area contributed by atoms with Gasteiger partial charge in [-0.15, -0.1) is 0 Å². The van der Waals surface area contributed by atoms with Gasteiger partial charge in [-0.2, -0.15) is 0 Å². The van der Waals surface area contributed by atoms with Crippen LogP contribution < -0.4 is 15.8 Å². The van der Waals surface area contributed by atoms with Crippen molar-refractivity contribution >= 4 is 11.8 Å². The lowest BCUT2D eigenvalue weighted by atomic mass is 9.98. The number of hydrogen-bond donors (Lipinski definition) is 2. The molecule has 0 saturated heterocycles. The summed E-state index contributed by atoms with van der Waals surface area (Å²) in [5.74, 6) is 0.0795. The molecule has 1 aliphatic rings. The lowest BCUT2D eigenvalue weighted by Gasteiger charge is -2.35. The normalized spacial score (nSPS) is 14.7. The number of ether oxygens (including phenoxy) is 1. The van der Waals surface area contributed by atoms with E-state index in [4.69, 9.17) is 10.5 Å². The largest absolute Gasteiger partial charge is 0.484 e. The monoisotopic (exact) mass is 395 g/mol. The van der Waals surface area contributed by atoms with Crippen LogP contribution in [-0.2, 0) is 29.0 Å². The second-order valence-corrected chi connectivity index (χ2v) is 7.43. The van der Waals surface area contributed by atoms with Gasteiger partial charge >= 0.3 is 0 Å². The molecule has 29 heavy (non-hydrogen) atoms. The van der Waals surface area contributed by atoms with Crippen molar-refractivity contribution in [1.82, 2.24) is 10.2 Å². The van der Waals surface area contributed by atoms with Crippen molar-refractivity contribution in [3.63, 3.8) is 0 Å². The number of amides is 2. The summed E-state index contributed by atoms with van der Waals surface area (Å²) in [6.07, 6.45) is 2.22. The number of benzene rings is 2. The minimum absolute atomic E-state index is 0.0333. The third-order valence-corrected chi connectivity index (χ3v) is 5.35. The van der Waals surface area contributed by atoms with Crippen LogP contribution in [0.3, 0.4) is 0 Å². The van der Waals surface area contributed by atoms with Crippen LogP contribution in [-0.4, -0.2) is 42.5 Å². The molecule has 1 heterocycles. The Labute approximate surface area is 172 Å². The Morgan fingerprint density at radius 3 is 2.55 bits per heavy atom. The molecule has 0 radical (unpaired) electrons. The maximum atomic E-state index is 12.2. The van der Waals surface area contributed by atoms with E-state index in [0.717, 1.165) is 31.5 Å². The van der Waals surface area contributed by atoms with Crippen LogP contribution in [0.1, 0.15) is 30.0 Å². The molecule has 0 unspecified atom stereocenters. The molecule has 0 saturated carbocycles. The van der Waals surface area contributed by atoms with Gasteiger partial charge in [-0.25, -0.2) is 0 Å². The van der Waals surface area contributed by atoms with E-state index in [1.54, 1.807) is 24.3 Å². The molecule has 0 bridgehead atoms. The van der Waals surface area contributed by atoms with Crippen molar-refractivity contribution in [3.8, 4) is 5.75 Å². The average molecular weight is 396 g/mol. The summed E-state index contributed by atoms with van der Waals surface area (Å²) in [6.45, 7) is 4.67. The van der Waals surface area contributed by atoms with Crippen molar-refractivity contribution in [3.05, 3.63) is 65.2 Å². The number of nitrogens with two attached hydrogens (primary N) is 1. The van der Waals surface area contributed by atoms with Crippen LogP contribution in [0, 0.1) is 0 Å². The Kier molecular flexibility index (Phi) is 7.25. The van der Waals surface area contributed by atoms with Gasteiger partial charge in [0, 0.05) is 25.7 Å². The second-order valence-electron chi connectivity index (χ2n) is 7.43. The van der Waals surface area contributed by atoms with Gasteiger partial charge < -0.3 is 15.8 Å². The van der Waals surface area contributed by atoms with Crippen LogP contribution in [0.4, 0.5) is 0 Å². The zero-order chi connectivity index (χ0) is 20.6. The number of hydrogen-bond acceptors (Lipinski definition) is 4. The molecular weight excluding hydrogens is 366 g/mol. The zero-order valence-corrected chi connectivity index (χ0v) is 16.9. The molecule has 2 aromatic rings. The van der Waals surface area contributed by atoms with Crippen molar-refractivity contribution in [1.29, 1.82) is 0 Å². The molecule has 0 aliphatic carbocycles. The molecule has 0 aromatic heterocycles. The molecule has 1 aliphatic heterocycles. The molecule has 1 atom stereocenters. The predicted octanol–water partition coefficient (Wildman–Crippen LogP) is 2.05. The van der Waals surface area contributed by atoms with E-state index in [9.17, 15) is 9.59 Å². The van der Waals surface area contributed by atoms with Crippen LogP contribution in [0.15, 0.2) is 48.5 Å². The highest BCUT2D eigenvalue weighted by Gasteiger charge is 2.22. The molecule has 0 spiro atoms. The minimum atomic E-state index is -0.374. The number of carbonyl (C=O) groups is 2. The molecule has 0 fully saturated rings. The fourth-order valence-electron chi connectivity index (χ4n) is 3.70. The first-order valence-electron chi connectivity index (χ1n) is 10.1. The van der Waals surface area contributed by atoms with E-state index in [-0.39, 0.29) is 24.8 Å². The lowest BCUT2D eigenvalue weighted by Crippen LogP contribution is -2.46. The standard InChI is InChI=1S/C23H29N3O3/c1-2-20(26-12-11-18-5-3-4-6-19(18)15-26)14-25-23(28)16-29-21-9-7-17(8-10-21)13-22(24)27/h3-10,20H,2,11-16H2,1H3,(H2,24,27)(H,25,28)/t20-/m0/s1. The van der Waals surface area contributed by atoms with Crippen molar-refractivity contribution < 1.29 is 14.3 Å². The van der Waals surface area contributed by atoms with Crippen molar-refractivity contribution in [2.24, 2.45) is 5.73 Å². The third kappa shape index (κ3) is 6.06. The van der Waals surface area contributed by atoms with E-state index in [0.29, 0.717) is 18.3 Å². The van der Waals surface area contributed by atoms with Gasteiger partial charge in [0.1, 0.15) is 5.75 Å². The summed E-state index contributed by atoms with van der Waals surface area (Å²) in [5.41, 5.74) is 8.81. The number of nitrogens with one attached hydrogen (secondary N) is 1. The van der Waals surface area contributed by atoms with E-state index in [1.165, 1.54) is 11.1 Å². The fraction of sp³-hybridized carbons (Fsp3) is 0.391. The number of primary amides is 1. The first-order chi connectivity index (χ1) is 14.0. The molecule has 2 amide bonds. The summed E-state index contributed by atoms with van der Waals surface area (Å²) in [5, 5.41) is 3.00. The maximum Gasteiger partial charge on any atom is 0.257 e. The Morgan fingerprint density at radius 1 is 1.14 bits per heavy atom. The summed E-state index contributed by atoms with van der Waals surface area (Å²) in [6, 6.07) is 15.9. The summed E-state index contributed by atoms with van der Waals surface area (Å²) < 4.78 is 5.54. The molecule has 6 heteroatoms. The first kappa shape index (κ1) is 20.9. The third-order valence-electron chi connectivity index (χ3n) is 5.35. The zero-order valence-electron chi connectivity index (χ0n) is 16.9. The van der Waals surface area contributed by atoms with Gasteiger partial charge in [-0.1, -0.05) is 43.3 Å². The SMILES string of the molecule is CC[C@@H](CNC(=O)COc1ccc(CC(N)=O)cc1)N1CCc2ccccc2C1. The first-order valence-corrected chi connectivity index (χ1v) is 10.1. The van der Waals surface area contributed by atoms with Gasteiger partial charge in [-0.05, 0) is 41.7 Å². The van der Waals surface area contributed by atoms with Crippen LogP contribution in [0.2, 0.25) is 0 Å². The number of nitrogens with zero attached hydrogens (tertiary/aromatic N) is 1. The number of carbonyl (C=O) groups excluding carboxylic acids is 2. The number of rotatable bonds is 9. The summed E-state index contributed by atoms with van der Waals surface area (Å²) in [7, 11) is 0. The van der Waals surface area contributed by atoms with E-state index in [1.807, 2.05) is 0 Å². The second kappa shape index (κ2) is 10.1. The smallest absolute Gasteiger partial charge is 0.257 e. The quantitative estimate of drug-likeness (QED) is 0.681. The van der Waals surface area contributed by atoms with Crippen LogP contribution in [0.5, 0.6) is 5.75 Å². The Balaban J connectivity index is 1.44. The molecule has 154 valence electrons. The molecule has 3 N–H and O–H groups in total. The molecule has 6 nitrogen and oxygen atoms in total. The van der Waals surface area contributed by atoms with Crippen LogP contribution in [0.25, 0.3) is 0 Å². The molecule has 2 aromatic carbocycles. The highest BCUT2D eigenvalue weighted by molar-refractivity contribution is 5.77. The van der Waals surface area contributed by atoms with Gasteiger partial charge in [0.05, 0.1) is 6.42 Å². The van der Waals surface area contributed by atoms with Gasteiger partial charge in [0.15, 0.2) is 6.61 Å². The van der Waals surface area contributed by atoms with Crippen LogP contribution >= 0.6 is 0 Å². The summed E-state index contributed by atoms with van der Waals surface area (Å²) >= 11 is 0. The molecule has 3 rings (SSSR count). The van der Waals surface area contributed by atoms with Gasteiger partial charge in [0.2, 0.25) is 5.91 Å². The lowest BCUT2D eigenvalue weighted by molar-refractivity contribution is -0.123. The Bertz CT molecular complexity index is 836. The van der Waals surface area contributed by atoms with E-state index in [2.05, 4.69) is 41.4 Å². The van der Waals surface area contributed by atoms with Crippen molar-refractivity contribution in [2.45, 2.75) is 38.8 Å². The average Bonchev–Trinajstić information content (AvgIpc) is 2.73. The predicted molar refractivity (Wildman–Crippen MR) is 112 cm³/mol. The summed E-state index contributed by atoms with van der Waals surface area (Å²) in [4.78, 5) is 25.6. The molecular formula is C23H29N3O3. The highest BCUT2D eigenvalue weighted by atomic mass is 16.5. The maximum absolute atomic E-state index is 12.2. The fourth-order valence-corrected chi connectivity index (χ4v) is 3.70. The van der Waals surface area contributed by atoms with Crippen molar-refractivity contribution in [2.75, 3.05) is 19.7 Å². The number of fused-ring (bicyclic) bond motifs is 1. The van der Waals surface area contributed by atoms with Gasteiger partial charge in [-0.3, -0.25) is 14.5 Å². The van der Waals surface area contributed by atoms with Gasteiger partial charge in [0.25, 0.3) is 5.91 Å². The topological polar surface area (TPSA) is 84.7 Å². The van der Waals surface area contributed by atoms with E-state index < -0.39 is 0 Å². The Hall–Kier alpha value is -2.86. The minimum Gasteiger partial charge on any atom is -0.484 e. The highest BCUT2D eigenvalue weighted by Crippen LogP contribution is 2.21.